The topological polar surface area (TPSA) is 82.9 Å². The minimum Gasteiger partial charge on any atom is -0.497 e. The number of aliphatic hydroxyl groups excluding tert-OH is 1. The number of nitrogens with zero attached hydrogens (tertiary/aromatic N) is 2. The molecule has 1 atom stereocenters. The van der Waals surface area contributed by atoms with Crippen LogP contribution in [0.15, 0.2) is 36.5 Å². The number of aromatic nitrogens is 1. The van der Waals surface area contributed by atoms with Crippen molar-refractivity contribution in [1.29, 1.82) is 0 Å². The number of fused-ring (bicyclic) bond motifs is 1. The van der Waals surface area contributed by atoms with Crippen molar-refractivity contribution in [2.45, 2.75) is 45.1 Å². The average molecular weight is 541 g/mol. The smallest absolute Gasteiger partial charge is 0.303 e. The zero-order valence-corrected chi connectivity index (χ0v) is 21.9. The van der Waals surface area contributed by atoms with Crippen molar-refractivity contribution in [2.24, 2.45) is 5.41 Å². The molecule has 1 aromatic heterocycles. The Bertz CT molecular complexity index is 1400. The monoisotopic (exact) mass is 540 g/mol. The summed E-state index contributed by atoms with van der Waals surface area (Å²) in [6.07, 6.45) is 3.07. The minimum atomic E-state index is -1.52. The van der Waals surface area contributed by atoms with Gasteiger partial charge in [-0.15, -0.1) is 0 Å². The summed E-state index contributed by atoms with van der Waals surface area (Å²) in [6.45, 7) is 3.42. The fraction of sp³-hybridized carbons (Fsp3) is 0.400. The molecule has 9 heteroatoms. The van der Waals surface area contributed by atoms with Crippen LogP contribution in [-0.4, -0.2) is 52.8 Å². The fourth-order valence-electron chi connectivity index (χ4n) is 5.35. The number of ether oxygens (including phenoxy) is 1. The maximum atomic E-state index is 13.4. The molecule has 2 aromatic carbocycles. The standard InChI is InChI=1S/C30H31F3N2O4/c1-19-18-34-25-6-5-21(39-2)16-22(25)28(19)26(36)7-8-30(17-27(37)38)9-12-35(13-10-30)11-3-4-20-14-23(31)29(33)24(32)15-20/h5-6,14-16,18,26,36H,7-13,17H2,1-2H3,(H,37,38)/t26-/m1/s1. The zero-order valence-electron chi connectivity index (χ0n) is 21.9. The summed E-state index contributed by atoms with van der Waals surface area (Å²) < 4.78 is 45.3. The van der Waals surface area contributed by atoms with E-state index in [1.807, 2.05) is 30.0 Å². The number of aryl methyl sites for hydroxylation is 1. The molecule has 0 spiro atoms. The van der Waals surface area contributed by atoms with Crippen LogP contribution in [0, 0.1) is 41.6 Å². The summed E-state index contributed by atoms with van der Waals surface area (Å²) in [4.78, 5) is 18.3. The predicted octanol–water partition coefficient (Wildman–Crippen LogP) is 5.39. The van der Waals surface area contributed by atoms with E-state index in [0.29, 0.717) is 51.1 Å². The molecule has 0 unspecified atom stereocenters. The second kappa shape index (κ2) is 12.1. The van der Waals surface area contributed by atoms with Crippen molar-refractivity contribution in [1.82, 2.24) is 9.88 Å². The van der Waals surface area contributed by atoms with E-state index in [-0.39, 0.29) is 12.0 Å². The Hall–Kier alpha value is -3.61. The van der Waals surface area contributed by atoms with Gasteiger partial charge in [-0.2, -0.15) is 0 Å². The normalized spacial score (nSPS) is 15.9. The number of pyridine rings is 1. The summed E-state index contributed by atoms with van der Waals surface area (Å²) in [5, 5.41) is 21.7. The molecule has 2 N–H and O–H groups in total. The molecule has 1 saturated heterocycles. The number of benzene rings is 2. The Kier molecular flexibility index (Phi) is 8.78. The Morgan fingerprint density at radius 2 is 1.87 bits per heavy atom. The highest BCUT2D eigenvalue weighted by atomic mass is 19.2. The van der Waals surface area contributed by atoms with Gasteiger partial charge in [-0.25, -0.2) is 13.2 Å². The second-order valence-corrected chi connectivity index (χ2v) is 10.2. The summed E-state index contributed by atoms with van der Waals surface area (Å²) in [7, 11) is 1.58. The molecule has 1 aliphatic heterocycles. The predicted molar refractivity (Wildman–Crippen MR) is 141 cm³/mol. The number of hydrogen-bond donors (Lipinski definition) is 2. The molecular weight excluding hydrogens is 509 g/mol. The first-order valence-corrected chi connectivity index (χ1v) is 12.8. The third-order valence-corrected chi connectivity index (χ3v) is 7.56. The van der Waals surface area contributed by atoms with Gasteiger partial charge in [0.25, 0.3) is 0 Å². The van der Waals surface area contributed by atoms with Crippen molar-refractivity contribution in [3.8, 4) is 17.6 Å². The van der Waals surface area contributed by atoms with Crippen LogP contribution < -0.4 is 4.74 Å². The lowest BCUT2D eigenvalue weighted by Crippen LogP contribution is -2.41. The first-order chi connectivity index (χ1) is 18.6. The van der Waals surface area contributed by atoms with Crippen LogP contribution in [0.1, 0.15) is 54.9 Å². The number of piperidine rings is 1. The Labute approximate surface area is 225 Å². The number of carbonyl (C=O) groups is 1. The largest absolute Gasteiger partial charge is 0.497 e. The van der Waals surface area contributed by atoms with E-state index < -0.39 is 34.9 Å². The number of halogens is 3. The van der Waals surface area contributed by atoms with Gasteiger partial charge < -0.3 is 14.9 Å². The third-order valence-electron chi connectivity index (χ3n) is 7.56. The second-order valence-electron chi connectivity index (χ2n) is 10.2. The third kappa shape index (κ3) is 6.70. The van der Waals surface area contributed by atoms with Crippen LogP contribution in [0.5, 0.6) is 5.75 Å². The molecule has 0 saturated carbocycles. The lowest BCUT2D eigenvalue weighted by molar-refractivity contribution is -0.141. The Balaban J connectivity index is 1.43. The Morgan fingerprint density at radius 1 is 1.18 bits per heavy atom. The van der Waals surface area contributed by atoms with Gasteiger partial charge in [0.1, 0.15) is 5.75 Å². The lowest BCUT2D eigenvalue weighted by Gasteiger charge is -2.41. The maximum Gasteiger partial charge on any atom is 0.303 e. The van der Waals surface area contributed by atoms with Crippen LogP contribution in [0.25, 0.3) is 10.9 Å². The zero-order chi connectivity index (χ0) is 28.2. The molecule has 206 valence electrons. The highest BCUT2D eigenvalue weighted by molar-refractivity contribution is 5.84. The van der Waals surface area contributed by atoms with Gasteiger partial charge in [0.05, 0.1) is 31.7 Å². The van der Waals surface area contributed by atoms with E-state index in [0.717, 1.165) is 34.2 Å². The summed E-state index contributed by atoms with van der Waals surface area (Å²) in [6, 6.07) is 7.23. The molecule has 6 nitrogen and oxygen atoms in total. The van der Waals surface area contributed by atoms with Gasteiger partial charge in [-0.1, -0.05) is 11.8 Å². The van der Waals surface area contributed by atoms with Crippen molar-refractivity contribution in [3.05, 3.63) is 70.7 Å². The van der Waals surface area contributed by atoms with Crippen LogP contribution in [0.3, 0.4) is 0 Å². The van der Waals surface area contributed by atoms with Gasteiger partial charge >= 0.3 is 5.97 Å². The number of aliphatic carboxylic acids is 1. The molecule has 1 aliphatic rings. The molecule has 0 radical (unpaired) electrons. The number of hydrogen-bond acceptors (Lipinski definition) is 5. The van der Waals surface area contributed by atoms with Crippen LogP contribution in [0.2, 0.25) is 0 Å². The quantitative estimate of drug-likeness (QED) is 0.295. The van der Waals surface area contributed by atoms with Crippen LogP contribution >= 0.6 is 0 Å². The van der Waals surface area contributed by atoms with E-state index in [1.54, 1.807) is 13.3 Å². The minimum absolute atomic E-state index is 0.00271. The van der Waals surface area contributed by atoms with E-state index in [2.05, 4.69) is 16.8 Å². The summed E-state index contributed by atoms with van der Waals surface area (Å²) in [5.41, 5.74) is 1.94. The van der Waals surface area contributed by atoms with Gasteiger partial charge in [-0.3, -0.25) is 14.7 Å². The molecule has 3 aromatic rings. The number of methoxy groups -OCH3 is 1. The number of carboxylic acid groups (broad SMARTS) is 1. The fourth-order valence-corrected chi connectivity index (χ4v) is 5.35. The summed E-state index contributed by atoms with van der Waals surface area (Å²) >= 11 is 0. The number of carboxylic acids is 1. The van der Waals surface area contributed by atoms with Crippen molar-refractivity contribution in [2.75, 3.05) is 26.7 Å². The highest BCUT2D eigenvalue weighted by Crippen LogP contribution is 2.42. The van der Waals surface area contributed by atoms with Gasteiger partial charge in [0.15, 0.2) is 17.5 Å². The lowest BCUT2D eigenvalue weighted by atomic mass is 9.71. The highest BCUT2D eigenvalue weighted by Gasteiger charge is 2.37. The molecule has 0 bridgehead atoms. The molecule has 2 heterocycles. The van der Waals surface area contributed by atoms with Gasteiger partial charge in [0.2, 0.25) is 0 Å². The summed E-state index contributed by atoms with van der Waals surface area (Å²) in [5.74, 6) is 1.21. The molecule has 4 rings (SSSR count). The molecule has 0 amide bonds. The SMILES string of the molecule is COc1ccc2ncc(C)c([C@H](O)CCC3(CC(=O)O)CCN(CC#Cc4cc(F)c(F)c(F)c4)CC3)c2c1. The Morgan fingerprint density at radius 3 is 2.51 bits per heavy atom. The van der Waals surface area contributed by atoms with Crippen molar-refractivity contribution >= 4 is 16.9 Å². The molecule has 0 aliphatic carbocycles. The van der Waals surface area contributed by atoms with E-state index >= 15 is 0 Å². The molecular formula is C30H31F3N2O4. The maximum absolute atomic E-state index is 13.4. The van der Waals surface area contributed by atoms with E-state index in [1.165, 1.54) is 0 Å². The van der Waals surface area contributed by atoms with E-state index in [9.17, 15) is 28.2 Å². The van der Waals surface area contributed by atoms with Gasteiger partial charge in [0, 0.05) is 17.1 Å². The first-order valence-electron chi connectivity index (χ1n) is 12.8. The number of rotatable bonds is 8. The average Bonchev–Trinajstić information content (AvgIpc) is 2.90. The van der Waals surface area contributed by atoms with Crippen LogP contribution in [0.4, 0.5) is 13.2 Å². The molecule has 1 fully saturated rings. The van der Waals surface area contributed by atoms with E-state index in [4.69, 9.17) is 4.74 Å². The molecule has 39 heavy (non-hydrogen) atoms. The first kappa shape index (κ1) is 28.4. The van der Waals surface area contributed by atoms with Crippen molar-refractivity contribution in [3.63, 3.8) is 0 Å². The number of likely N-dealkylation sites (tertiary alicyclic amines) is 1. The van der Waals surface area contributed by atoms with Crippen molar-refractivity contribution < 1.29 is 32.9 Å². The number of aliphatic hydroxyl groups is 1. The van der Waals surface area contributed by atoms with Gasteiger partial charge in [-0.05, 0) is 92.6 Å². The van der Waals surface area contributed by atoms with Crippen LogP contribution in [-0.2, 0) is 4.79 Å².